The number of aromatic nitrogens is 1. The summed E-state index contributed by atoms with van der Waals surface area (Å²) in [6, 6.07) is 21.3. The second-order valence-electron chi connectivity index (χ2n) is 8.76. The van der Waals surface area contributed by atoms with Crippen LogP contribution in [0.3, 0.4) is 0 Å². The van der Waals surface area contributed by atoms with E-state index in [4.69, 9.17) is 9.47 Å². The molecule has 0 aliphatic rings. The SMILES string of the molecule is COC(=O)c1ccc(SC(c2ncccc2SCCCCCCCc2ccccc2)C(O)C(=O)OC)cc1. The second kappa shape index (κ2) is 16.2. The fourth-order valence-electron chi connectivity index (χ4n) is 3.97. The van der Waals surface area contributed by atoms with Crippen LogP contribution in [-0.2, 0) is 20.7 Å². The van der Waals surface area contributed by atoms with Gasteiger partial charge in [0.25, 0.3) is 0 Å². The molecule has 0 spiro atoms. The van der Waals surface area contributed by atoms with Gasteiger partial charge in [0.05, 0.1) is 30.7 Å². The van der Waals surface area contributed by atoms with Gasteiger partial charge in [-0.25, -0.2) is 9.59 Å². The molecule has 2 atom stereocenters. The largest absolute Gasteiger partial charge is 0.467 e. The number of ether oxygens (including phenoxy) is 2. The van der Waals surface area contributed by atoms with Gasteiger partial charge in [-0.1, -0.05) is 49.6 Å². The molecule has 0 aliphatic heterocycles. The van der Waals surface area contributed by atoms with Crippen LogP contribution in [0.1, 0.15) is 59.0 Å². The molecule has 0 amide bonds. The lowest BCUT2D eigenvalue weighted by Gasteiger charge is -2.22. The lowest BCUT2D eigenvalue weighted by Crippen LogP contribution is -2.28. The molecule has 0 fully saturated rings. The number of hydrogen-bond donors (Lipinski definition) is 1. The summed E-state index contributed by atoms with van der Waals surface area (Å²) in [5.41, 5.74) is 2.46. The third kappa shape index (κ3) is 9.19. The zero-order valence-electron chi connectivity index (χ0n) is 21.9. The molecule has 1 aromatic heterocycles. The van der Waals surface area contributed by atoms with Gasteiger partial charge in [0.15, 0.2) is 6.10 Å². The van der Waals surface area contributed by atoms with Gasteiger partial charge in [-0.05, 0) is 67.0 Å². The molecule has 2 aromatic carbocycles. The summed E-state index contributed by atoms with van der Waals surface area (Å²) >= 11 is 3.00. The summed E-state index contributed by atoms with van der Waals surface area (Å²) in [4.78, 5) is 30.3. The third-order valence-electron chi connectivity index (χ3n) is 6.05. The Hall–Kier alpha value is -2.81. The number of pyridine rings is 1. The molecule has 0 saturated heterocycles. The van der Waals surface area contributed by atoms with Crippen LogP contribution < -0.4 is 0 Å². The van der Waals surface area contributed by atoms with Gasteiger partial charge in [0.2, 0.25) is 0 Å². The molecule has 3 aromatic rings. The number of aliphatic hydroxyl groups is 1. The van der Waals surface area contributed by atoms with E-state index in [0.717, 1.165) is 34.8 Å². The van der Waals surface area contributed by atoms with Gasteiger partial charge in [-0.2, -0.15) is 0 Å². The monoisotopic (exact) mass is 553 g/mol. The predicted octanol–water partition coefficient (Wildman–Crippen LogP) is 6.52. The predicted molar refractivity (Wildman–Crippen MR) is 153 cm³/mol. The first-order chi connectivity index (χ1) is 18.5. The van der Waals surface area contributed by atoms with Crippen molar-refractivity contribution in [3.05, 3.63) is 89.7 Å². The van der Waals surface area contributed by atoms with E-state index in [2.05, 4.69) is 35.3 Å². The summed E-state index contributed by atoms with van der Waals surface area (Å²) in [5.74, 6) is -0.213. The molecule has 1 N–H and O–H groups in total. The molecule has 0 radical (unpaired) electrons. The van der Waals surface area contributed by atoms with Crippen molar-refractivity contribution in [2.45, 2.75) is 59.7 Å². The zero-order valence-corrected chi connectivity index (χ0v) is 23.5. The van der Waals surface area contributed by atoms with Crippen molar-refractivity contribution in [3.63, 3.8) is 0 Å². The molecular formula is C30H35NO5S2. The van der Waals surface area contributed by atoms with E-state index < -0.39 is 23.3 Å². The van der Waals surface area contributed by atoms with Crippen molar-refractivity contribution in [3.8, 4) is 0 Å². The van der Waals surface area contributed by atoms with Gasteiger partial charge in [-0.3, -0.25) is 4.98 Å². The maximum Gasteiger partial charge on any atom is 0.337 e. The van der Waals surface area contributed by atoms with Crippen molar-refractivity contribution >= 4 is 35.5 Å². The number of unbranched alkanes of at least 4 members (excludes halogenated alkanes) is 4. The minimum atomic E-state index is -1.40. The summed E-state index contributed by atoms with van der Waals surface area (Å²) in [6.45, 7) is 0. The van der Waals surface area contributed by atoms with E-state index >= 15 is 0 Å². The minimum absolute atomic E-state index is 0.424. The Labute approximate surface area is 233 Å². The Bertz CT molecular complexity index is 1140. The number of rotatable bonds is 15. The highest BCUT2D eigenvalue weighted by Crippen LogP contribution is 2.41. The van der Waals surface area contributed by atoms with Crippen LogP contribution in [0.4, 0.5) is 0 Å². The Kier molecular flexibility index (Phi) is 12.7. The second-order valence-corrected chi connectivity index (χ2v) is 11.1. The topological polar surface area (TPSA) is 85.7 Å². The van der Waals surface area contributed by atoms with E-state index in [1.807, 2.05) is 12.1 Å². The average Bonchev–Trinajstić information content (AvgIpc) is 2.97. The van der Waals surface area contributed by atoms with Crippen molar-refractivity contribution in [1.29, 1.82) is 0 Å². The highest BCUT2D eigenvalue weighted by atomic mass is 32.2. The smallest absolute Gasteiger partial charge is 0.337 e. The van der Waals surface area contributed by atoms with Gasteiger partial charge in [0.1, 0.15) is 0 Å². The van der Waals surface area contributed by atoms with Crippen LogP contribution in [-0.4, -0.2) is 48.1 Å². The number of aliphatic hydroxyl groups excluding tert-OH is 1. The van der Waals surface area contributed by atoms with Gasteiger partial charge < -0.3 is 14.6 Å². The Morgan fingerprint density at radius 1 is 0.868 bits per heavy atom. The number of methoxy groups -OCH3 is 2. The van der Waals surface area contributed by atoms with Crippen LogP contribution in [0.15, 0.2) is 82.7 Å². The molecule has 0 aliphatic carbocycles. The molecule has 38 heavy (non-hydrogen) atoms. The fourth-order valence-corrected chi connectivity index (χ4v) is 6.25. The Morgan fingerprint density at radius 2 is 1.58 bits per heavy atom. The van der Waals surface area contributed by atoms with Crippen molar-refractivity contribution < 1.29 is 24.2 Å². The lowest BCUT2D eigenvalue weighted by atomic mass is 10.1. The number of esters is 2. The minimum Gasteiger partial charge on any atom is -0.467 e. The molecule has 0 bridgehead atoms. The Balaban J connectivity index is 1.58. The number of thioether (sulfide) groups is 2. The van der Waals surface area contributed by atoms with Crippen LogP contribution in [0, 0.1) is 0 Å². The number of aryl methyl sites for hydroxylation is 1. The molecule has 3 rings (SSSR count). The number of hydrogen-bond acceptors (Lipinski definition) is 8. The lowest BCUT2D eigenvalue weighted by molar-refractivity contribution is -0.150. The summed E-state index contributed by atoms with van der Waals surface area (Å²) < 4.78 is 9.59. The van der Waals surface area contributed by atoms with E-state index in [1.54, 1.807) is 42.2 Å². The first kappa shape index (κ1) is 29.7. The van der Waals surface area contributed by atoms with Crippen LogP contribution in [0.2, 0.25) is 0 Å². The van der Waals surface area contributed by atoms with E-state index in [9.17, 15) is 14.7 Å². The number of carbonyl (C=O) groups excluding carboxylic acids is 2. The highest BCUT2D eigenvalue weighted by Gasteiger charge is 2.32. The van der Waals surface area contributed by atoms with Gasteiger partial charge >= 0.3 is 11.9 Å². The summed E-state index contributed by atoms with van der Waals surface area (Å²) in [7, 11) is 2.59. The first-order valence-corrected chi connectivity index (χ1v) is 14.6. The summed E-state index contributed by atoms with van der Waals surface area (Å²) in [5, 5.41) is 10.2. The van der Waals surface area contributed by atoms with Crippen LogP contribution >= 0.6 is 23.5 Å². The molecule has 202 valence electrons. The van der Waals surface area contributed by atoms with E-state index in [0.29, 0.717) is 11.3 Å². The van der Waals surface area contributed by atoms with Gasteiger partial charge in [0, 0.05) is 16.0 Å². The van der Waals surface area contributed by atoms with Gasteiger partial charge in [-0.15, -0.1) is 23.5 Å². The molecule has 6 nitrogen and oxygen atoms in total. The summed E-state index contributed by atoms with van der Waals surface area (Å²) in [6.07, 6.45) is 7.26. The third-order valence-corrected chi connectivity index (χ3v) is 8.48. The first-order valence-electron chi connectivity index (χ1n) is 12.8. The van der Waals surface area contributed by atoms with Crippen LogP contribution in [0.5, 0.6) is 0 Å². The molecule has 8 heteroatoms. The highest BCUT2D eigenvalue weighted by molar-refractivity contribution is 8.00. The number of benzene rings is 2. The molecule has 1 heterocycles. The fraction of sp³-hybridized carbons (Fsp3) is 0.367. The quantitative estimate of drug-likeness (QED) is 0.129. The molecule has 2 unspecified atom stereocenters. The van der Waals surface area contributed by atoms with E-state index in [1.165, 1.54) is 50.8 Å². The van der Waals surface area contributed by atoms with Crippen molar-refractivity contribution in [2.24, 2.45) is 0 Å². The van der Waals surface area contributed by atoms with Crippen LogP contribution in [0.25, 0.3) is 0 Å². The van der Waals surface area contributed by atoms with Crippen molar-refractivity contribution in [1.82, 2.24) is 4.98 Å². The maximum absolute atomic E-state index is 12.3. The number of nitrogens with zero attached hydrogens (tertiary/aromatic N) is 1. The molecular weight excluding hydrogens is 518 g/mol. The zero-order chi connectivity index (χ0) is 27.2. The maximum atomic E-state index is 12.3. The number of carbonyl (C=O) groups is 2. The molecule has 0 saturated carbocycles. The average molecular weight is 554 g/mol. The normalized spacial score (nSPS) is 12.5. The van der Waals surface area contributed by atoms with E-state index in [-0.39, 0.29) is 0 Å². The van der Waals surface area contributed by atoms with Crippen molar-refractivity contribution in [2.75, 3.05) is 20.0 Å². The Morgan fingerprint density at radius 3 is 2.29 bits per heavy atom. The standard InChI is InChI=1S/C30H35NO5S2/c1-35-29(33)23-16-18-24(19-17-23)38-28(27(32)30(34)36-2)26-25(15-11-20-31-26)37-21-10-5-3-4-7-12-22-13-8-6-9-14-22/h6,8-9,11,13-20,27-28,32H,3-5,7,10,12,21H2,1-2H3.